The summed E-state index contributed by atoms with van der Waals surface area (Å²) in [5.41, 5.74) is 0. The topological polar surface area (TPSA) is 21.3 Å². The summed E-state index contributed by atoms with van der Waals surface area (Å²) in [7, 11) is 0. The minimum Gasteiger partial charge on any atom is -0.483 e. The number of hydrogen-bond donors (Lipinski definition) is 1. The lowest BCUT2D eigenvalue weighted by molar-refractivity contribution is 0.112. The van der Waals surface area contributed by atoms with Crippen LogP contribution in [0.4, 0.5) is 0 Å². The maximum absolute atomic E-state index is 5.15. The minimum absolute atomic E-state index is 0.557. The lowest BCUT2D eigenvalue weighted by atomic mass is 10.00. The summed E-state index contributed by atoms with van der Waals surface area (Å²) in [4.78, 5) is 0. The van der Waals surface area contributed by atoms with E-state index in [2.05, 4.69) is 25.7 Å². The average Bonchev–Trinajstić information content (AvgIpc) is 1.88. The molecule has 0 bridgehead atoms. The summed E-state index contributed by atoms with van der Waals surface area (Å²) in [6.07, 6.45) is 0.956. The smallest absolute Gasteiger partial charge is 0.139 e. The molecule has 1 saturated heterocycles. The lowest BCUT2D eigenvalue weighted by Crippen LogP contribution is -2.39. The van der Waals surface area contributed by atoms with Gasteiger partial charge in [-0.2, -0.15) is 0 Å². The van der Waals surface area contributed by atoms with Crippen molar-refractivity contribution < 1.29 is 4.74 Å². The molecule has 10 heavy (non-hydrogen) atoms. The molecule has 2 heteroatoms. The van der Waals surface area contributed by atoms with Crippen molar-refractivity contribution in [2.45, 2.75) is 26.3 Å². The molecule has 0 amide bonds. The Balaban J connectivity index is 2.39. The number of ether oxygens (including phenoxy) is 1. The zero-order valence-corrected chi connectivity index (χ0v) is 6.68. The van der Waals surface area contributed by atoms with Gasteiger partial charge in [-0.1, -0.05) is 20.4 Å². The second kappa shape index (κ2) is 3.06. The van der Waals surface area contributed by atoms with Crippen molar-refractivity contribution in [1.29, 1.82) is 0 Å². The molecule has 1 N–H and O–H groups in total. The zero-order chi connectivity index (χ0) is 7.56. The van der Waals surface area contributed by atoms with E-state index in [9.17, 15) is 0 Å². The molecular weight excluding hydrogens is 126 g/mol. The summed E-state index contributed by atoms with van der Waals surface area (Å²) in [5, 5.41) is 3.27. The van der Waals surface area contributed by atoms with Crippen molar-refractivity contribution >= 4 is 0 Å². The van der Waals surface area contributed by atoms with Gasteiger partial charge in [0.25, 0.3) is 0 Å². The quantitative estimate of drug-likeness (QED) is 0.597. The first-order valence-electron chi connectivity index (χ1n) is 3.74. The monoisotopic (exact) mass is 141 g/mol. The molecule has 58 valence electrons. The molecule has 1 rings (SSSR count). The van der Waals surface area contributed by atoms with Gasteiger partial charge < -0.3 is 4.74 Å². The first-order valence-corrected chi connectivity index (χ1v) is 3.74. The van der Waals surface area contributed by atoms with E-state index < -0.39 is 0 Å². The molecular formula is C8H15NO. The van der Waals surface area contributed by atoms with Gasteiger partial charge in [0.1, 0.15) is 6.73 Å². The van der Waals surface area contributed by atoms with Crippen LogP contribution in [0, 0.1) is 5.92 Å². The molecule has 1 fully saturated rings. The average molecular weight is 141 g/mol. The van der Waals surface area contributed by atoms with Crippen LogP contribution in [-0.2, 0) is 4.74 Å². The number of nitrogens with one attached hydrogen (secondary N) is 1. The van der Waals surface area contributed by atoms with Gasteiger partial charge in [0.15, 0.2) is 0 Å². The van der Waals surface area contributed by atoms with Crippen molar-refractivity contribution in [3.63, 3.8) is 0 Å². The standard InChI is InChI=1S/C8H15NO/c1-6(2)8-4-7(3)10-5-9-8/h6,8-9H,3-5H2,1-2H3/t8-/m1/s1. The molecule has 2 nitrogen and oxygen atoms in total. The SMILES string of the molecule is C=C1C[C@H](C(C)C)NCO1. The largest absolute Gasteiger partial charge is 0.483 e. The molecule has 0 aromatic heterocycles. The highest BCUT2D eigenvalue weighted by Gasteiger charge is 2.18. The van der Waals surface area contributed by atoms with Gasteiger partial charge in [0, 0.05) is 12.5 Å². The molecule has 1 aliphatic heterocycles. The Morgan fingerprint density at radius 1 is 1.70 bits per heavy atom. The molecule has 0 unspecified atom stereocenters. The van der Waals surface area contributed by atoms with E-state index in [0.29, 0.717) is 18.7 Å². The van der Waals surface area contributed by atoms with Crippen LogP contribution in [0.2, 0.25) is 0 Å². The van der Waals surface area contributed by atoms with Gasteiger partial charge >= 0.3 is 0 Å². The molecule has 0 radical (unpaired) electrons. The Labute approximate surface area is 62.3 Å². The third-order valence-corrected chi connectivity index (χ3v) is 1.87. The van der Waals surface area contributed by atoms with Gasteiger partial charge in [0.05, 0.1) is 5.76 Å². The van der Waals surface area contributed by atoms with Gasteiger partial charge in [0.2, 0.25) is 0 Å². The highest BCUT2D eigenvalue weighted by Crippen LogP contribution is 2.15. The summed E-state index contributed by atoms with van der Waals surface area (Å²) in [6, 6.07) is 0.557. The fourth-order valence-electron chi connectivity index (χ4n) is 1.10. The molecule has 1 heterocycles. The van der Waals surface area contributed by atoms with E-state index in [1.807, 2.05) is 0 Å². The Morgan fingerprint density at radius 3 is 2.80 bits per heavy atom. The van der Waals surface area contributed by atoms with Crippen LogP contribution < -0.4 is 5.32 Å². The molecule has 0 aromatic rings. The van der Waals surface area contributed by atoms with Crippen molar-refractivity contribution in [1.82, 2.24) is 5.32 Å². The van der Waals surface area contributed by atoms with E-state index in [1.54, 1.807) is 0 Å². The Kier molecular flexibility index (Phi) is 2.33. The molecule has 0 saturated carbocycles. The predicted octanol–water partition coefficient (Wildman–Crippen LogP) is 1.49. The van der Waals surface area contributed by atoms with E-state index in [-0.39, 0.29) is 0 Å². The van der Waals surface area contributed by atoms with E-state index in [4.69, 9.17) is 4.74 Å². The first-order chi connectivity index (χ1) is 4.70. The van der Waals surface area contributed by atoms with Crippen LogP contribution in [0.5, 0.6) is 0 Å². The number of rotatable bonds is 1. The first kappa shape index (κ1) is 7.61. The van der Waals surface area contributed by atoms with E-state index in [0.717, 1.165) is 12.2 Å². The van der Waals surface area contributed by atoms with Crippen LogP contribution in [-0.4, -0.2) is 12.8 Å². The minimum atomic E-state index is 0.557. The predicted molar refractivity (Wildman–Crippen MR) is 41.5 cm³/mol. The highest BCUT2D eigenvalue weighted by atomic mass is 16.5. The third-order valence-electron chi connectivity index (χ3n) is 1.87. The molecule has 0 aliphatic carbocycles. The molecule has 0 spiro atoms. The lowest BCUT2D eigenvalue weighted by Gasteiger charge is -2.28. The fraction of sp³-hybridized carbons (Fsp3) is 0.750. The van der Waals surface area contributed by atoms with Crippen LogP contribution in [0.1, 0.15) is 20.3 Å². The molecule has 1 aliphatic rings. The summed E-state index contributed by atoms with van der Waals surface area (Å²) in [5.74, 6) is 1.58. The summed E-state index contributed by atoms with van der Waals surface area (Å²) in [6.45, 7) is 8.82. The maximum atomic E-state index is 5.15. The van der Waals surface area contributed by atoms with Crippen molar-refractivity contribution in [2.24, 2.45) is 5.92 Å². The normalized spacial score (nSPS) is 26.7. The van der Waals surface area contributed by atoms with Gasteiger partial charge in [-0.15, -0.1) is 0 Å². The Morgan fingerprint density at radius 2 is 2.40 bits per heavy atom. The third kappa shape index (κ3) is 1.74. The maximum Gasteiger partial charge on any atom is 0.139 e. The van der Waals surface area contributed by atoms with Crippen LogP contribution in [0.25, 0.3) is 0 Å². The van der Waals surface area contributed by atoms with Crippen molar-refractivity contribution in [3.8, 4) is 0 Å². The second-order valence-corrected chi connectivity index (χ2v) is 3.09. The fourth-order valence-corrected chi connectivity index (χ4v) is 1.10. The molecule has 1 atom stereocenters. The highest BCUT2D eigenvalue weighted by molar-refractivity contribution is 4.92. The second-order valence-electron chi connectivity index (χ2n) is 3.09. The Bertz CT molecular complexity index is 131. The number of hydrogen-bond acceptors (Lipinski definition) is 2. The summed E-state index contributed by atoms with van der Waals surface area (Å²) >= 11 is 0. The zero-order valence-electron chi connectivity index (χ0n) is 6.68. The van der Waals surface area contributed by atoms with Crippen LogP contribution in [0.15, 0.2) is 12.3 Å². The van der Waals surface area contributed by atoms with Crippen LogP contribution in [0.3, 0.4) is 0 Å². The van der Waals surface area contributed by atoms with E-state index in [1.165, 1.54) is 0 Å². The van der Waals surface area contributed by atoms with Gasteiger partial charge in [-0.3, -0.25) is 5.32 Å². The molecule has 0 aromatic carbocycles. The van der Waals surface area contributed by atoms with Crippen molar-refractivity contribution in [2.75, 3.05) is 6.73 Å². The van der Waals surface area contributed by atoms with Crippen LogP contribution >= 0.6 is 0 Å². The van der Waals surface area contributed by atoms with Gasteiger partial charge in [-0.25, -0.2) is 0 Å². The van der Waals surface area contributed by atoms with E-state index >= 15 is 0 Å². The Hall–Kier alpha value is -0.500. The van der Waals surface area contributed by atoms with Gasteiger partial charge in [-0.05, 0) is 5.92 Å². The van der Waals surface area contributed by atoms with Crippen molar-refractivity contribution in [3.05, 3.63) is 12.3 Å². The summed E-state index contributed by atoms with van der Waals surface area (Å²) < 4.78 is 5.15.